The van der Waals surface area contributed by atoms with E-state index in [1.807, 2.05) is 0 Å². The molecule has 1 aromatic carbocycles. The fraction of sp³-hybridized carbons (Fsp3) is 0.600. The summed E-state index contributed by atoms with van der Waals surface area (Å²) in [7, 11) is 0. The van der Waals surface area contributed by atoms with E-state index in [9.17, 15) is 0 Å². The van der Waals surface area contributed by atoms with Gasteiger partial charge in [-0.05, 0) is 49.1 Å². The van der Waals surface area contributed by atoms with Crippen LogP contribution in [0, 0.1) is 18.8 Å². The lowest BCUT2D eigenvalue weighted by Crippen LogP contribution is -2.47. The maximum Gasteiger partial charge on any atom is 0.0438 e. The molecule has 0 bridgehead atoms. The third-order valence-electron chi connectivity index (χ3n) is 4.33. The summed E-state index contributed by atoms with van der Waals surface area (Å²) in [6.07, 6.45) is 3.64. The zero-order valence-corrected chi connectivity index (χ0v) is 10.7. The normalized spacial score (nSPS) is 35.0. The zero-order valence-electron chi connectivity index (χ0n) is 10.7. The van der Waals surface area contributed by atoms with Crippen LogP contribution < -0.4 is 5.73 Å². The molecule has 1 heteroatoms. The highest BCUT2D eigenvalue weighted by atomic mass is 14.8. The van der Waals surface area contributed by atoms with Crippen LogP contribution in [-0.4, -0.2) is 0 Å². The molecule has 0 saturated heterocycles. The Morgan fingerprint density at radius 3 is 2.56 bits per heavy atom. The van der Waals surface area contributed by atoms with Crippen LogP contribution in [-0.2, 0) is 5.54 Å². The van der Waals surface area contributed by atoms with Crippen LogP contribution in [0.25, 0.3) is 0 Å². The molecule has 1 aliphatic rings. The molecule has 1 saturated carbocycles. The Labute approximate surface area is 99.0 Å². The van der Waals surface area contributed by atoms with Gasteiger partial charge in [-0.25, -0.2) is 0 Å². The second kappa shape index (κ2) is 4.21. The predicted octanol–water partition coefficient (Wildman–Crippen LogP) is 3.61. The SMILES string of the molecule is Cc1ccccc1C1(N)CCC(C)CC1C. The van der Waals surface area contributed by atoms with Gasteiger partial charge in [0.15, 0.2) is 0 Å². The first kappa shape index (κ1) is 11.7. The molecule has 2 N–H and O–H groups in total. The van der Waals surface area contributed by atoms with Gasteiger partial charge in [0.2, 0.25) is 0 Å². The van der Waals surface area contributed by atoms with Crippen LogP contribution in [0.4, 0.5) is 0 Å². The van der Waals surface area contributed by atoms with E-state index in [1.54, 1.807) is 0 Å². The Balaban J connectivity index is 2.35. The van der Waals surface area contributed by atoms with Crippen molar-refractivity contribution in [3.63, 3.8) is 0 Å². The molecule has 0 aromatic heterocycles. The van der Waals surface area contributed by atoms with E-state index >= 15 is 0 Å². The minimum atomic E-state index is -0.0994. The Morgan fingerprint density at radius 1 is 1.25 bits per heavy atom. The van der Waals surface area contributed by atoms with Gasteiger partial charge >= 0.3 is 0 Å². The summed E-state index contributed by atoms with van der Waals surface area (Å²) in [5, 5.41) is 0. The van der Waals surface area contributed by atoms with Gasteiger partial charge in [0.1, 0.15) is 0 Å². The summed E-state index contributed by atoms with van der Waals surface area (Å²) in [6, 6.07) is 8.59. The molecule has 0 aliphatic heterocycles. The Morgan fingerprint density at radius 2 is 1.94 bits per heavy atom. The molecule has 1 nitrogen and oxygen atoms in total. The van der Waals surface area contributed by atoms with Crippen molar-refractivity contribution in [2.75, 3.05) is 0 Å². The van der Waals surface area contributed by atoms with Gasteiger partial charge in [-0.3, -0.25) is 0 Å². The second-order valence-corrected chi connectivity index (χ2v) is 5.64. The lowest BCUT2D eigenvalue weighted by Gasteiger charge is -2.43. The summed E-state index contributed by atoms with van der Waals surface area (Å²) in [5.41, 5.74) is 9.28. The quantitative estimate of drug-likeness (QED) is 0.764. The van der Waals surface area contributed by atoms with E-state index < -0.39 is 0 Å². The molecule has 0 heterocycles. The summed E-state index contributed by atoms with van der Waals surface area (Å²) >= 11 is 0. The topological polar surface area (TPSA) is 26.0 Å². The molecular formula is C15H23N. The molecule has 0 amide bonds. The lowest BCUT2D eigenvalue weighted by molar-refractivity contribution is 0.164. The minimum Gasteiger partial charge on any atom is -0.321 e. The highest BCUT2D eigenvalue weighted by molar-refractivity contribution is 5.33. The number of rotatable bonds is 1. The number of aryl methyl sites for hydroxylation is 1. The molecule has 3 unspecified atom stereocenters. The van der Waals surface area contributed by atoms with Crippen LogP contribution in [0.5, 0.6) is 0 Å². The number of nitrogens with two attached hydrogens (primary N) is 1. The standard InChI is InChI=1S/C15H23N/c1-11-8-9-15(16,13(3)10-11)14-7-5-4-6-12(14)2/h4-7,11,13H,8-10,16H2,1-3H3. The first-order valence-corrected chi connectivity index (χ1v) is 6.39. The van der Waals surface area contributed by atoms with Crippen molar-refractivity contribution in [3.05, 3.63) is 35.4 Å². The highest BCUT2D eigenvalue weighted by Gasteiger charge is 2.38. The Kier molecular flexibility index (Phi) is 3.07. The Bertz CT molecular complexity index is 371. The number of hydrogen-bond acceptors (Lipinski definition) is 1. The van der Waals surface area contributed by atoms with Crippen molar-refractivity contribution in [1.82, 2.24) is 0 Å². The second-order valence-electron chi connectivity index (χ2n) is 5.64. The van der Waals surface area contributed by atoms with E-state index in [1.165, 1.54) is 24.0 Å². The number of hydrogen-bond donors (Lipinski definition) is 1. The van der Waals surface area contributed by atoms with E-state index in [4.69, 9.17) is 5.73 Å². The van der Waals surface area contributed by atoms with Crippen molar-refractivity contribution in [2.24, 2.45) is 17.6 Å². The lowest BCUT2D eigenvalue weighted by atomic mass is 9.66. The first-order chi connectivity index (χ1) is 7.54. The molecule has 1 aromatic rings. The number of benzene rings is 1. The average molecular weight is 217 g/mol. The van der Waals surface area contributed by atoms with Crippen molar-refractivity contribution >= 4 is 0 Å². The zero-order chi connectivity index (χ0) is 11.8. The van der Waals surface area contributed by atoms with E-state index in [-0.39, 0.29) is 5.54 Å². The van der Waals surface area contributed by atoms with Gasteiger partial charge in [-0.1, -0.05) is 38.1 Å². The molecule has 1 aliphatic carbocycles. The summed E-state index contributed by atoms with van der Waals surface area (Å²) in [4.78, 5) is 0. The van der Waals surface area contributed by atoms with Gasteiger partial charge in [0.05, 0.1) is 0 Å². The first-order valence-electron chi connectivity index (χ1n) is 6.39. The van der Waals surface area contributed by atoms with Crippen molar-refractivity contribution in [3.8, 4) is 0 Å². The average Bonchev–Trinajstić information content (AvgIpc) is 2.25. The third kappa shape index (κ3) is 1.89. The largest absolute Gasteiger partial charge is 0.321 e. The van der Waals surface area contributed by atoms with Crippen LogP contribution in [0.3, 0.4) is 0 Å². The highest BCUT2D eigenvalue weighted by Crippen LogP contribution is 2.42. The van der Waals surface area contributed by atoms with E-state index in [0.717, 1.165) is 12.3 Å². The van der Waals surface area contributed by atoms with Gasteiger partial charge in [-0.15, -0.1) is 0 Å². The summed E-state index contributed by atoms with van der Waals surface area (Å²) in [6.45, 7) is 6.82. The third-order valence-corrected chi connectivity index (χ3v) is 4.33. The van der Waals surface area contributed by atoms with Gasteiger partial charge in [0.25, 0.3) is 0 Å². The molecule has 1 fully saturated rings. The summed E-state index contributed by atoms with van der Waals surface area (Å²) in [5.74, 6) is 1.41. The monoisotopic (exact) mass is 217 g/mol. The molecule has 16 heavy (non-hydrogen) atoms. The van der Waals surface area contributed by atoms with Gasteiger partial charge in [0, 0.05) is 5.54 Å². The van der Waals surface area contributed by atoms with E-state index in [0.29, 0.717) is 5.92 Å². The smallest absolute Gasteiger partial charge is 0.0438 e. The van der Waals surface area contributed by atoms with Crippen LogP contribution in [0.2, 0.25) is 0 Å². The van der Waals surface area contributed by atoms with E-state index in [2.05, 4.69) is 45.0 Å². The van der Waals surface area contributed by atoms with Gasteiger partial charge in [-0.2, -0.15) is 0 Å². The fourth-order valence-electron chi connectivity index (χ4n) is 3.16. The van der Waals surface area contributed by atoms with Crippen molar-refractivity contribution < 1.29 is 0 Å². The van der Waals surface area contributed by atoms with Crippen molar-refractivity contribution in [2.45, 2.75) is 45.6 Å². The minimum absolute atomic E-state index is 0.0994. The molecule has 88 valence electrons. The molecule has 2 rings (SSSR count). The maximum atomic E-state index is 6.69. The van der Waals surface area contributed by atoms with Gasteiger partial charge < -0.3 is 5.73 Å². The van der Waals surface area contributed by atoms with Crippen LogP contribution in [0.15, 0.2) is 24.3 Å². The molecular weight excluding hydrogens is 194 g/mol. The fourth-order valence-corrected chi connectivity index (χ4v) is 3.16. The molecule has 0 spiro atoms. The summed E-state index contributed by atoms with van der Waals surface area (Å²) < 4.78 is 0. The predicted molar refractivity (Wildman–Crippen MR) is 69.2 cm³/mol. The van der Waals surface area contributed by atoms with Crippen molar-refractivity contribution in [1.29, 1.82) is 0 Å². The molecule has 3 atom stereocenters. The molecule has 0 radical (unpaired) electrons. The Hall–Kier alpha value is -0.820. The van der Waals surface area contributed by atoms with Crippen LogP contribution >= 0.6 is 0 Å². The maximum absolute atomic E-state index is 6.69. The van der Waals surface area contributed by atoms with Crippen LogP contribution in [0.1, 0.15) is 44.2 Å².